The van der Waals surface area contributed by atoms with Crippen molar-refractivity contribution < 1.29 is 49.2 Å². The van der Waals surface area contributed by atoms with Gasteiger partial charge in [0.25, 0.3) is 0 Å². The van der Waals surface area contributed by atoms with E-state index in [0.717, 1.165) is 0 Å². The van der Waals surface area contributed by atoms with Crippen molar-refractivity contribution in [3.05, 3.63) is 121 Å². The van der Waals surface area contributed by atoms with Crippen molar-refractivity contribution in [2.24, 2.45) is 0 Å². The summed E-state index contributed by atoms with van der Waals surface area (Å²) in [4.78, 5) is 0. The van der Waals surface area contributed by atoms with E-state index in [1.54, 1.807) is 121 Å². The third-order valence-corrected chi connectivity index (χ3v) is 5.43. The van der Waals surface area contributed by atoms with Gasteiger partial charge in [0.05, 0.1) is 35.5 Å². The second-order valence-corrected chi connectivity index (χ2v) is 8.36. The van der Waals surface area contributed by atoms with Gasteiger partial charge in [0.2, 0.25) is 0 Å². The Labute approximate surface area is 263 Å². The normalized spacial score (nSPS) is 9.00. The lowest BCUT2D eigenvalue weighted by molar-refractivity contribution is 0.373. The monoisotopic (exact) mass is 620 g/mol. The van der Waals surface area contributed by atoms with Gasteiger partial charge >= 0.3 is 0 Å². The minimum Gasteiger partial charge on any atom is -0.504 e. The number of phenols is 5. The van der Waals surface area contributed by atoms with Gasteiger partial charge in [0, 0.05) is 0 Å². The molecule has 0 aliphatic rings. The molecule has 5 aromatic carbocycles. The zero-order chi connectivity index (χ0) is 33.5. The number of para-hydroxylation sites is 10. The summed E-state index contributed by atoms with van der Waals surface area (Å²) >= 11 is 0. The lowest BCUT2D eigenvalue weighted by Gasteiger charge is -1.99. The number of benzene rings is 5. The van der Waals surface area contributed by atoms with Crippen LogP contribution in [0.3, 0.4) is 0 Å². The maximum absolute atomic E-state index is 8.99. The van der Waals surface area contributed by atoms with Crippen LogP contribution < -0.4 is 23.7 Å². The predicted molar refractivity (Wildman–Crippen MR) is 173 cm³/mol. The largest absolute Gasteiger partial charge is 0.504 e. The van der Waals surface area contributed by atoms with Gasteiger partial charge in [0.15, 0.2) is 57.5 Å². The topological polar surface area (TPSA) is 147 Å². The zero-order valence-electron chi connectivity index (χ0n) is 25.8. The molecule has 0 fully saturated rings. The van der Waals surface area contributed by atoms with Gasteiger partial charge in [-0.05, 0) is 60.7 Å². The lowest BCUT2D eigenvalue weighted by atomic mass is 10.3. The fourth-order valence-electron chi connectivity index (χ4n) is 3.15. The van der Waals surface area contributed by atoms with Crippen molar-refractivity contribution in [1.29, 1.82) is 0 Å². The molecule has 0 saturated carbocycles. The molecule has 0 aliphatic carbocycles. The minimum atomic E-state index is 0.181. The molecule has 5 aromatic rings. The summed E-state index contributed by atoms with van der Waals surface area (Å²) in [7, 11) is 7.61. The first kappa shape index (κ1) is 37.1. The van der Waals surface area contributed by atoms with E-state index < -0.39 is 0 Å². The molecule has 0 saturated heterocycles. The van der Waals surface area contributed by atoms with E-state index in [4.69, 9.17) is 49.2 Å². The van der Waals surface area contributed by atoms with E-state index >= 15 is 0 Å². The highest BCUT2D eigenvalue weighted by atomic mass is 16.5. The quantitative estimate of drug-likeness (QED) is 0.139. The highest BCUT2D eigenvalue weighted by Gasteiger charge is 1.97. The number of aromatic hydroxyl groups is 5. The molecule has 0 radical (unpaired) electrons. The minimum absolute atomic E-state index is 0.181. The maximum atomic E-state index is 8.99. The lowest BCUT2D eigenvalue weighted by Crippen LogP contribution is -1.80. The van der Waals surface area contributed by atoms with Crippen LogP contribution >= 0.6 is 0 Å². The highest BCUT2D eigenvalue weighted by Crippen LogP contribution is 2.25. The highest BCUT2D eigenvalue weighted by molar-refractivity contribution is 5.40. The summed E-state index contributed by atoms with van der Waals surface area (Å²) in [5.41, 5.74) is 0. The van der Waals surface area contributed by atoms with Gasteiger partial charge in [-0.15, -0.1) is 0 Å². The summed E-state index contributed by atoms with van der Waals surface area (Å²) < 4.78 is 24.0. The van der Waals surface area contributed by atoms with Crippen LogP contribution in [0.2, 0.25) is 0 Å². The van der Waals surface area contributed by atoms with Crippen LogP contribution in [-0.4, -0.2) is 61.1 Å². The van der Waals surface area contributed by atoms with Crippen LogP contribution in [0.5, 0.6) is 57.5 Å². The number of rotatable bonds is 5. The summed E-state index contributed by atoms with van der Waals surface area (Å²) in [5, 5.41) is 44.9. The molecule has 0 unspecified atom stereocenters. The third kappa shape index (κ3) is 14.2. The average molecular weight is 621 g/mol. The van der Waals surface area contributed by atoms with Crippen molar-refractivity contribution in [1.82, 2.24) is 0 Å². The van der Waals surface area contributed by atoms with Gasteiger partial charge in [-0.1, -0.05) is 60.7 Å². The van der Waals surface area contributed by atoms with Crippen molar-refractivity contribution in [3.63, 3.8) is 0 Å². The van der Waals surface area contributed by atoms with Gasteiger partial charge in [-0.2, -0.15) is 0 Å². The van der Waals surface area contributed by atoms with Crippen LogP contribution in [0, 0.1) is 0 Å². The first-order valence-corrected chi connectivity index (χ1v) is 13.3. The SMILES string of the molecule is COc1ccccc1O.COc1ccccc1O.COc1ccccc1O.COc1ccccc1O.COc1ccccc1O. The first-order valence-electron chi connectivity index (χ1n) is 13.3. The van der Waals surface area contributed by atoms with Gasteiger partial charge in [-0.3, -0.25) is 0 Å². The summed E-state index contributed by atoms with van der Waals surface area (Å²) in [5.74, 6) is 3.46. The Balaban J connectivity index is 0.000000281. The molecule has 0 aromatic heterocycles. The molecule has 0 atom stereocenters. The Kier molecular flexibility index (Phi) is 17.9. The van der Waals surface area contributed by atoms with Crippen LogP contribution in [-0.2, 0) is 0 Å². The summed E-state index contributed by atoms with van der Waals surface area (Å²) in [6.45, 7) is 0. The van der Waals surface area contributed by atoms with E-state index in [0.29, 0.717) is 28.7 Å². The van der Waals surface area contributed by atoms with Crippen LogP contribution in [0.25, 0.3) is 0 Å². The summed E-state index contributed by atoms with van der Waals surface area (Å²) in [6, 6.07) is 34.2. The Hall–Kier alpha value is -5.90. The molecule has 0 amide bonds. The standard InChI is InChI=1S/5C7H8O2/c5*1-9-7-5-3-2-4-6(7)8/h5*2-5,8H,1H3. The summed E-state index contributed by atoms with van der Waals surface area (Å²) in [6.07, 6.45) is 0. The molecule has 5 N–H and O–H groups in total. The first-order chi connectivity index (χ1) is 21.7. The maximum Gasteiger partial charge on any atom is 0.160 e. The fraction of sp³-hybridized carbons (Fsp3) is 0.143. The molecule has 10 heteroatoms. The predicted octanol–water partition coefficient (Wildman–Crippen LogP) is 7.00. The van der Waals surface area contributed by atoms with Gasteiger partial charge < -0.3 is 49.2 Å². The van der Waals surface area contributed by atoms with E-state index in [9.17, 15) is 0 Å². The van der Waals surface area contributed by atoms with Crippen molar-refractivity contribution in [2.75, 3.05) is 35.5 Å². The molecule has 5 rings (SSSR count). The van der Waals surface area contributed by atoms with Crippen LogP contribution in [0.1, 0.15) is 0 Å². The van der Waals surface area contributed by atoms with Crippen LogP contribution in [0.4, 0.5) is 0 Å². The average Bonchev–Trinajstić information content (AvgIpc) is 3.07. The van der Waals surface area contributed by atoms with Gasteiger partial charge in [0.1, 0.15) is 0 Å². The van der Waals surface area contributed by atoms with Crippen molar-refractivity contribution in [3.8, 4) is 57.5 Å². The molecular formula is C35H40O10. The fourth-order valence-corrected chi connectivity index (χ4v) is 3.15. The molecule has 45 heavy (non-hydrogen) atoms. The number of ether oxygens (including phenoxy) is 5. The van der Waals surface area contributed by atoms with Crippen molar-refractivity contribution in [2.45, 2.75) is 0 Å². The van der Waals surface area contributed by atoms with Crippen LogP contribution in [0.15, 0.2) is 121 Å². The third-order valence-electron chi connectivity index (χ3n) is 5.43. The number of hydrogen-bond donors (Lipinski definition) is 5. The second-order valence-electron chi connectivity index (χ2n) is 8.36. The molecule has 10 nitrogen and oxygen atoms in total. The van der Waals surface area contributed by atoms with E-state index in [2.05, 4.69) is 0 Å². The number of hydrogen-bond acceptors (Lipinski definition) is 10. The Morgan fingerprint density at radius 2 is 0.400 bits per heavy atom. The van der Waals surface area contributed by atoms with E-state index in [1.165, 1.54) is 35.5 Å². The Bertz CT molecular complexity index is 1240. The van der Waals surface area contributed by atoms with Crippen molar-refractivity contribution >= 4 is 0 Å². The van der Waals surface area contributed by atoms with E-state index in [1.807, 2.05) is 0 Å². The second kappa shape index (κ2) is 21.8. The molecule has 0 spiro atoms. The Morgan fingerprint density at radius 3 is 0.489 bits per heavy atom. The zero-order valence-corrected chi connectivity index (χ0v) is 25.8. The van der Waals surface area contributed by atoms with E-state index in [-0.39, 0.29) is 28.7 Å². The Morgan fingerprint density at radius 1 is 0.267 bits per heavy atom. The molecule has 0 heterocycles. The smallest absolute Gasteiger partial charge is 0.160 e. The number of methoxy groups -OCH3 is 5. The number of phenolic OH excluding ortho intramolecular Hbond substituents is 5. The molecule has 240 valence electrons. The van der Waals surface area contributed by atoms with Gasteiger partial charge in [-0.25, -0.2) is 0 Å². The molecular weight excluding hydrogens is 580 g/mol. The molecule has 0 aliphatic heterocycles. The molecule has 0 bridgehead atoms.